The predicted molar refractivity (Wildman–Crippen MR) is 69.8 cm³/mol. The fraction of sp³-hybridized carbons (Fsp3) is 0.857. The second-order valence-electron chi connectivity index (χ2n) is 5.76. The highest BCUT2D eigenvalue weighted by molar-refractivity contribution is 5.40. The summed E-state index contributed by atoms with van der Waals surface area (Å²) in [5, 5.41) is 0. The number of carbonyl (C=O) groups excluding carboxylic acids is 2. The molecule has 1 fully saturated rings. The number of hydrogen-bond acceptors (Lipinski definition) is 4. The van der Waals surface area contributed by atoms with Crippen LogP contribution in [0.5, 0.6) is 0 Å². The molecule has 0 aromatic heterocycles. The molecule has 0 atom stereocenters. The Morgan fingerprint density at radius 3 is 1.44 bits per heavy atom. The molecule has 1 aliphatic rings. The van der Waals surface area contributed by atoms with Crippen molar-refractivity contribution in [2.45, 2.75) is 65.5 Å². The number of hydrogen-bond donors (Lipinski definition) is 0. The van der Waals surface area contributed by atoms with Gasteiger partial charge in [-0.3, -0.25) is 0 Å². The molecule has 0 amide bonds. The van der Waals surface area contributed by atoms with E-state index in [-0.39, 0.29) is 22.9 Å². The van der Waals surface area contributed by atoms with Crippen molar-refractivity contribution in [3.05, 3.63) is 0 Å². The fourth-order valence-corrected chi connectivity index (χ4v) is 4.03. The Morgan fingerprint density at radius 1 is 0.889 bits per heavy atom. The van der Waals surface area contributed by atoms with E-state index in [2.05, 4.69) is 37.7 Å². The van der Waals surface area contributed by atoms with Gasteiger partial charge in [0.1, 0.15) is 0 Å². The Bertz CT molecular complexity index is 347. The molecule has 0 heterocycles. The monoisotopic (exact) mass is 250 g/mol. The van der Waals surface area contributed by atoms with Crippen LogP contribution in [0.25, 0.3) is 0 Å². The topological polar surface area (TPSA) is 58.9 Å². The van der Waals surface area contributed by atoms with E-state index in [0.29, 0.717) is 0 Å². The molecule has 1 rings (SSSR count). The van der Waals surface area contributed by atoms with Gasteiger partial charge in [-0.05, 0) is 12.8 Å². The van der Waals surface area contributed by atoms with Crippen molar-refractivity contribution in [2.24, 2.45) is 20.8 Å². The summed E-state index contributed by atoms with van der Waals surface area (Å²) in [5.41, 5.74) is -0.430. The van der Waals surface area contributed by atoms with Crippen LogP contribution in [0, 0.1) is 10.8 Å². The van der Waals surface area contributed by atoms with Gasteiger partial charge in [0.15, 0.2) is 0 Å². The average molecular weight is 250 g/mol. The molecule has 0 unspecified atom stereocenters. The summed E-state index contributed by atoms with van der Waals surface area (Å²) < 4.78 is 0. The molecule has 4 nitrogen and oxygen atoms in total. The third kappa shape index (κ3) is 2.07. The lowest BCUT2D eigenvalue weighted by atomic mass is 9.44. The van der Waals surface area contributed by atoms with Gasteiger partial charge in [0.2, 0.25) is 12.2 Å². The van der Waals surface area contributed by atoms with Crippen molar-refractivity contribution in [1.29, 1.82) is 0 Å². The SMILES string of the molecule is CCCC1(C)C(N=C=O)C(C)(CCC)C1N=C=O. The van der Waals surface area contributed by atoms with Gasteiger partial charge in [0.25, 0.3) is 0 Å². The molecule has 0 aromatic carbocycles. The van der Waals surface area contributed by atoms with Crippen molar-refractivity contribution in [3.8, 4) is 0 Å². The molecule has 0 spiro atoms. The van der Waals surface area contributed by atoms with Crippen molar-refractivity contribution in [2.75, 3.05) is 0 Å². The molecule has 0 aliphatic heterocycles. The zero-order valence-electron chi connectivity index (χ0n) is 11.7. The average Bonchev–Trinajstić information content (AvgIpc) is 2.33. The number of isocyanates is 2. The van der Waals surface area contributed by atoms with Gasteiger partial charge in [-0.1, -0.05) is 40.5 Å². The Morgan fingerprint density at radius 2 is 1.22 bits per heavy atom. The van der Waals surface area contributed by atoms with Crippen LogP contribution in [0.1, 0.15) is 53.4 Å². The van der Waals surface area contributed by atoms with Crippen LogP contribution in [-0.4, -0.2) is 24.2 Å². The smallest absolute Gasteiger partial charge is 0.211 e. The summed E-state index contributed by atoms with van der Waals surface area (Å²) in [6.45, 7) is 8.30. The normalized spacial score (nSPS) is 38.2. The third-order valence-electron chi connectivity index (χ3n) is 4.44. The van der Waals surface area contributed by atoms with Gasteiger partial charge >= 0.3 is 0 Å². The molecular weight excluding hydrogens is 228 g/mol. The Hall–Kier alpha value is -1.24. The number of aliphatic imine (C=N–C) groups is 2. The molecule has 0 bridgehead atoms. The van der Waals surface area contributed by atoms with Crippen LogP contribution >= 0.6 is 0 Å². The highest BCUT2D eigenvalue weighted by Crippen LogP contribution is 2.61. The van der Waals surface area contributed by atoms with E-state index < -0.39 is 0 Å². The van der Waals surface area contributed by atoms with E-state index in [1.165, 1.54) is 0 Å². The molecule has 0 N–H and O–H groups in total. The molecular formula is C14H22N2O2. The zero-order valence-corrected chi connectivity index (χ0v) is 11.7. The molecule has 0 saturated heterocycles. The second-order valence-corrected chi connectivity index (χ2v) is 5.76. The Kier molecular flexibility index (Phi) is 4.61. The highest BCUT2D eigenvalue weighted by Gasteiger charge is 2.66. The highest BCUT2D eigenvalue weighted by atomic mass is 16.1. The Balaban J connectivity index is 3.17. The van der Waals surface area contributed by atoms with Gasteiger partial charge in [-0.25, -0.2) is 19.6 Å². The van der Waals surface area contributed by atoms with E-state index in [1.54, 1.807) is 12.2 Å². The van der Waals surface area contributed by atoms with E-state index in [0.717, 1.165) is 25.7 Å². The maximum Gasteiger partial charge on any atom is 0.235 e. The van der Waals surface area contributed by atoms with Crippen LogP contribution in [-0.2, 0) is 9.59 Å². The molecule has 1 aliphatic carbocycles. The lowest BCUT2D eigenvalue weighted by Crippen LogP contribution is -2.68. The van der Waals surface area contributed by atoms with Crippen molar-refractivity contribution < 1.29 is 9.59 Å². The van der Waals surface area contributed by atoms with Crippen LogP contribution < -0.4 is 0 Å². The largest absolute Gasteiger partial charge is 0.235 e. The molecule has 1 saturated carbocycles. The molecule has 100 valence electrons. The zero-order chi connectivity index (χ0) is 13.8. The number of nitrogens with zero attached hydrogens (tertiary/aromatic N) is 2. The van der Waals surface area contributed by atoms with Crippen molar-refractivity contribution in [1.82, 2.24) is 0 Å². The van der Waals surface area contributed by atoms with Crippen LogP contribution in [0.15, 0.2) is 9.98 Å². The van der Waals surface area contributed by atoms with E-state index in [9.17, 15) is 9.59 Å². The predicted octanol–water partition coefficient (Wildman–Crippen LogP) is 3.02. The Labute approximate surface area is 109 Å². The summed E-state index contributed by atoms with van der Waals surface area (Å²) in [5.74, 6) is 0. The van der Waals surface area contributed by atoms with Gasteiger partial charge < -0.3 is 0 Å². The maximum absolute atomic E-state index is 10.7. The standard InChI is InChI=1S/C14H22N2O2/c1-5-7-13(3)11(15-9-17)14(4,8-6-2)12(13)16-10-18/h11-12H,5-8H2,1-4H3. The van der Waals surface area contributed by atoms with Crippen LogP contribution in [0.3, 0.4) is 0 Å². The van der Waals surface area contributed by atoms with Crippen molar-refractivity contribution in [3.63, 3.8) is 0 Å². The third-order valence-corrected chi connectivity index (χ3v) is 4.44. The van der Waals surface area contributed by atoms with E-state index >= 15 is 0 Å². The quantitative estimate of drug-likeness (QED) is 0.537. The van der Waals surface area contributed by atoms with Gasteiger partial charge in [0, 0.05) is 10.8 Å². The van der Waals surface area contributed by atoms with Crippen LogP contribution in [0.2, 0.25) is 0 Å². The maximum atomic E-state index is 10.7. The second kappa shape index (κ2) is 5.60. The first-order chi connectivity index (χ1) is 8.51. The summed E-state index contributed by atoms with van der Waals surface area (Å²) in [4.78, 5) is 29.3. The first-order valence-electron chi connectivity index (χ1n) is 6.65. The lowest BCUT2D eigenvalue weighted by molar-refractivity contribution is -0.0852. The number of rotatable bonds is 6. The summed E-state index contributed by atoms with van der Waals surface area (Å²) in [6.07, 6.45) is 7.15. The first-order valence-corrected chi connectivity index (χ1v) is 6.65. The summed E-state index contributed by atoms with van der Waals surface area (Å²) in [6, 6.07) is -0.186. The van der Waals surface area contributed by atoms with Crippen molar-refractivity contribution >= 4 is 12.2 Å². The molecule has 0 radical (unpaired) electrons. The minimum absolute atomic E-state index is 0.0931. The van der Waals surface area contributed by atoms with E-state index in [1.807, 2.05) is 0 Å². The van der Waals surface area contributed by atoms with Gasteiger partial charge in [0.05, 0.1) is 12.1 Å². The first kappa shape index (κ1) is 14.8. The van der Waals surface area contributed by atoms with Gasteiger partial charge in [-0.15, -0.1) is 0 Å². The van der Waals surface area contributed by atoms with E-state index in [4.69, 9.17) is 0 Å². The minimum atomic E-state index is -0.215. The molecule has 18 heavy (non-hydrogen) atoms. The lowest BCUT2D eigenvalue weighted by Gasteiger charge is -2.62. The molecule has 0 aromatic rings. The fourth-order valence-electron chi connectivity index (χ4n) is 4.03. The molecule has 4 heteroatoms. The summed E-state index contributed by atoms with van der Waals surface area (Å²) in [7, 11) is 0. The summed E-state index contributed by atoms with van der Waals surface area (Å²) >= 11 is 0. The van der Waals surface area contributed by atoms with Crippen LogP contribution in [0.4, 0.5) is 0 Å². The van der Waals surface area contributed by atoms with Gasteiger partial charge in [-0.2, -0.15) is 0 Å². The minimum Gasteiger partial charge on any atom is -0.211 e.